The zero-order valence-electron chi connectivity index (χ0n) is 21.5. The molecule has 1 fully saturated rings. The number of fused-ring (bicyclic) bond motifs is 1. The molecule has 5 atom stereocenters. The van der Waals surface area contributed by atoms with Crippen molar-refractivity contribution in [3.8, 4) is 5.75 Å². The van der Waals surface area contributed by atoms with E-state index >= 15 is 0 Å². The van der Waals surface area contributed by atoms with Crippen LogP contribution in [0.2, 0.25) is 0 Å². The number of hydrogen-bond donors (Lipinski definition) is 1. The van der Waals surface area contributed by atoms with Crippen LogP contribution in [0.5, 0.6) is 5.75 Å². The van der Waals surface area contributed by atoms with Crippen molar-refractivity contribution in [1.29, 1.82) is 0 Å². The van der Waals surface area contributed by atoms with Crippen LogP contribution in [-0.2, 0) is 42.9 Å². The van der Waals surface area contributed by atoms with Crippen LogP contribution in [0, 0.1) is 0 Å². The minimum Gasteiger partial charge on any atom is -0.465 e. The highest BCUT2D eigenvalue weighted by molar-refractivity contribution is 6.01. The van der Waals surface area contributed by atoms with Gasteiger partial charge in [0, 0.05) is 33.1 Å². The van der Waals surface area contributed by atoms with E-state index < -0.39 is 67.0 Å². The Balaban J connectivity index is 2.15. The third-order valence-electron chi connectivity index (χ3n) is 5.59. The summed E-state index contributed by atoms with van der Waals surface area (Å²) in [6, 6.07) is 9.08. The van der Waals surface area contributed by atoms with Gasteiger partial charge in [-0.1, -0.05) is 30.3 Å². The monoisotopic (exact) mass is 531 g/mol. The molecule has 1 N–H and O–H groups in total. The highest BCUT2D eigenvalue weighted by Gasteiger charge is 2.52. The molecule has 5 unspecified atom stereocenters. The molecule has 0 radical (unpaired) electrons. The Morgan fingerprint density at radius 2 is 1.53 bits per heavy atom. The first-order valence-electron chi connectivity index (χ1n) is 11.7. The molecule has 12 nitrogen and oxygen atoms in total. The lowest BCUT2D eigenvalue weighted by Crippen LogP contribution is -2.67. The van der Waals surface area contributed by atoms with Crippen LogP contribution < -0.4 is 10.1 Å². The fourth-order valence-corrected chi connectivity index (χ4v) is 4.15. The second-order valence-corrected chi connectivity index (χ2v) is 8.49. The lowest BCUT2D eigenvalue weighted by atomic mass is 9.95. The standard InChI is InChI=1S/C26H29NO11/c1-13(28)27-21-24(36-16(4)31)23(35-15(3)30)20(12-34-14(2)29)37-26(21)38-22-18-9-7-6-8-17(18)10-11-19(22)25(32)33-5/h6-11,20-21,23-24,26H,12H2,1-5H3,(H,27,28). The predicted molar refractivity (Wildman–Crippen MR) is 130 cm³/mol. The molecule has 1 heterocycles. The molecule has 3 rings (SSSR count). The Morgan fingerprint density at radius 1 is 0.868 bits per heavy atom. The number of carbonyl (C=O) groups is 5. The lowest BCUT2D eigenvalue weighted by Gasteiger charge is -2.45. The van der Waals surface area contributed by atoms with Gasteiger partial charge in [-0.25, -0.2) is 4.79 Å². The minimum absolute atomic E-state index is 0.0686. The second-order valence-electron chi connectivity index (χ2n) is 8.49. The summed E-state index contributed by atoms with van der Waals surface area (Å²) in [7, 11) is 1.22. The van der Waals surface area contributed by atoms with Gasteiger partial charge in [0.25, 0.3) is 0 Å². The van der Waals surface area contributed by atoms with E-state index in [0.29, 0.717) is 5.39 Å². The van der Waals surface area contributed by atoms with Gasteiger partial charge in [0.2, 0.25) is 12.2 Å². The van der Waals surface area contributed by atoms with Gasteiger partial charge in [0.05, 0.1) is 7.11 Å². The van der Waals surface area contributed by atoms with E-state index in [1.54, 1.807) is 30.3 Å². The second kappa shape index (κ2) is 12.4. The van der Waals surface area contributed by atoms with Gasteiger partial charge in [-0.05, 0) is 11.5 Å². The third-order valence-corrected chi connectivity index (χ3v) is 5.59. The quantitative estimate of drug-likeness (QED) is 0.391. The highest BCUT2D eigenvalue weighted by atomic mass is 16.7. The van der Waals surface area contributed by atoms with Crippen LogP contribution in [0.4, 0.5) is 0 Å². The van der Waals surface area contributed by atoms with Crippen molar-refractivity contribution in [2.45, 2.75) is 58.3 Å². The number of carbonyl (C=O) groups excluding carboxylic acids is 5. The fraction of sp³-hybridized carbons (Fsp3) is 0.423. The number of ether oxygens (including phenoxy) is 6. The lowest BCUT2D eigenvalue weighted by molar-refractivity contribution is -0.257. The molecule has 1 aliphatic heterocycles. The van der Waals surface area contributed by atoms with Crippen LogP contribution in [0.3, 0.4) is 0 Å². The maximum atomic E-state index is 12.6. The maximum Gasteiger partial charge on any atom is 0.341 e. The summed E-state index contributed by atoms with van der Waals surface area (Å²) in [5.41, 5.74) is 0.0686. The van der Waals surface area contributed by atoms with E-state index in [9.17, 15) is 24.0 Å². The normalized spacial score (nSPS) is 22.6. The van der Waals surface area contributed by atoms with Gasteiger partial charge in [-0.3, -0.25) is 19.2 Å². The number of methoxy groups -OCH3 is 1. The molecule has 0 aliphatic carbocycles. The van der Waals surface area contributed by atoms with Crippen molar-refractivity contribution in [2.24, 2.45) is 0 Å². The molecule has 0 bridgehead atoms. The zero-order valence-corrected chi connectivity index (χ0v) is 21.5. The van der Waals surface area contributed by atoms with E-state index in [2.05, 4.69) is 5.32 Å². The number of esters is 4. The molecule has 12 heteroatoms. The topological polar surface area (TPSA) is 153 Å². The number of rotatable bonds is 8. The van der Waals surface area contributed by atoms with Crippen molar-refractivity contribution in [3.05, 3.63) is 42.0 Å². The molecular formula is C26H29NO11. The van der Waals surface area contributed by atoms with Crippen molar-refractivity contribution in [3.63, 3.8) is 0 Å². The summed E-state index contributed by atoms with van der Waals surface area (Å²) < 4.78 is 33.2. The van der Waals surface area contributed by atoms with E-state index in [1.807, 2.05) is 0 Å². The maximum absolute atomic E-state index is 12.6. The number of benzene rings is 2. The Hall–Kier alpha value is -4.19. The number of nitrogens with one attached hydrogen (secondary N) is 1. The summed E-state index contributed by atoms with van der Waals surface area (Å²) in [5.74, 6) is -3.25. The molecule has 1 amide bonds. The zero-order chi connectivity index (χ0) is 28.0. The van der Waals surface area contributed by atoms with Gasteiger partial charge in [0.1, 0.15) is 30.1 Å². The average molecular weight is 532 g/mol. The Morgan fingerprint density at radius 3 is 2.13 bits per heavy atom. The van der Waals surface area contributed by atoms with Gasteiger partial charge in [-0.2, -0.15) is 0 Å². The molecule has 0 saturated carbocycles. The minimum atomic E-state index is -1.40. The third kappa shape index (κ3) is 6.76. The van der Waals surface area contributed by atoms with Gasteiger partial charge in [0.15, 0.2) is 12.2 Å². The first kappa shape index (κ1) is 28.4. The first-order chi connectivity index (χ1) is 18.0. The first-order valence-corrected chi connectivity index (χ1v) is 11.7. The van der Waals surface area contributed by atoms with Crippen LogP contribution in [-0.4, -0.2) is 74.1 Å². The summed E-state index contributed by atoms with van der Waals surface area (Å²) in [6.07, 6.45) is -5.15. The largest absolute Gasteiger partial charge is 0.465 e. The Kier molecular flexibility index (Phi) is 9.24. The van der Waals surface area contributed by atoms with Crippen LogP contribution >= 0.6 is 0 Å². The number of hydrogen-bond acceptors (Lipinski definition) is 11. The SMILES string of the molecule is COC(=O)c1ccc2ccccc2c1OC1OC(COC(C)=O)C(OC(C)=O)C(OC(C)=O)C1NC(C)=O. The van der Waals surface area contributed by atoms with Crippen molar-refractivity contribution >= 4 is 40.6 Å². The average Bonchev–Trinajstić information content (AvgIpc) is 2.85. The Labute approximate surface area is 218 Å². The molecule has 0 aromatic heterocycles. The Bertz CT molecular complexity index is 1230. The molecule has 1 aliphatic rings. The molecule has 2 aromatic carbocycles. The molecule has 204 valence electrons. The molecule has 1 saturated heterocycles. The molecule has 38 heavy (non-hydrogen) atoms. The van der Waals surface area contributed by atoms with Crippen molar-refractivity contribution < 1.29 is 52.4 Å². The van der Waals surface area contributed by atoms with Gasteiger partial charge in [-0.15, -0.1) is 0 Å². The van der Waals surface area contributed by atoms with E-state index in [4.69, 9.17) is 28.4 Å². The summed E-state index contributed by atoms with van der Waals surface area (Å²) >= 11 is 0. The fourth-order valence-electron chi connectivity index (χ4n) is 4.15. The summed E-state index contributed by atoms with van der Waals surface area (Å²) in [5, 5.41) is 3.89. The van der Waals surface area contributed by atoms with E-state index in [1.165, 1.54) is 27.0 Å². The summed E-state index contributed by atoms with van der Waals surface area (Å²) in [6.45, 7) is 4.30. The predicted octanol–water partition coefficient (Wildman–Crippen LogP) is 1.66. The summed E-state index contributed by atoms with van der Waals surface area (Å²) in [4.78, 5) is 60.3. The van der Waals surface area contributed by atoms with Crippen LogP contribution in [0.1, 0.15) is 38.1 Å². The van der Waals surface area contributed by atoms with Crippen LogP contribution in [0.15, 0.2) is 36.4 Å². The molecule has 0 spiro atoms. The van der Waals surface area contributed by atoms with E-state index in [-0.39, 0.29) is 11.3 Å². The van der Waals surface area contributed by atoms with Crippen LogP contribution in [0.25, 0.3) is 10.8 Å². The number of amides is 1. The smallest absolute Gasteiger partial charge is 0.341 e. The van der Waals surface area contributed by atoms with Gasteiger partial charge >= 0.3 is 23.9 Å². The highest BCUT2D eigenvalue weighted by Crippen LogP contribution is 2.35. The van der Waals surface area contributed by atoms with Gasteiger partial charge < -0.3 is 33.7 Å². The van der Waals surface area contributed by atoms with Crippen molar-refractivity contribution in [1.82, 2.24) is 5.32 Å². The molecular weight excluding hydrogens is 502 g/mol. The van der Waals surface area contributed by atoms with E-state index in [0.717, 1.165) is 19.2 Å². The molecule has 2 aromatic rings. The van der Waals surface area contributed by atoms with Crippen molar-refractivity contribution in [2.75, 3.05) is 13.7 Å².